The van der Waals surface area contributed by atoms with Crippen molar-refractivity contribution in [2.24, 2.45) is 0 Å². The first-order chi connectivity index (χ1) is 7.20. The van der Waals surface area contributed by atoms with Gasteiger partial charge in [0.1, 0.15) is 0 Å². The van der Waals surface area contributed by atoms with Gasteiger partial charge in [-0.1, -0.05) is 51.4 Å². The van der Waals surface area contributed by atoms with Crippen molar-refractivity contribution in [2.45, 2.75) is 63.5 Å². The molecule has 2 aliphatic carbocycles. The predicted octanol–water partition coefficient (Wildman–Crippen LogP) is 5.73. The number of halogens is 2. The SMILES string of the molecule is [I][Pt+2][I].[NH-]C1CCCC1.[NH-]C1CCCC1. The van der Waals surface area contributed by atoms with Crippen molar-refractivity contribution in [1.82, 2.24) is 0 Å². The van der Waals surface area contributed by atoms with E-state index in [0.29, 0.717) is 23.3 Å². The average molecular weight is 617 g/mol. The molecule has 0 aliphatic heterocycles. The molecule has 0 atom stereocenters. The van der Waals surface area contributed by atoms with Crippen LogP contribution in [0.2, 0.25) is 0 Å². The molecule has 2 saturated carbocycles. The van der Waals surface area contributed by atoms with Gasteiger partial charge in [-0.05, 0) is 0 Å². The molecule has 5 heteroatoms. The molecule has 2 rings (SSSR count). The summed E-state index contributed by atoms with van der Waals surface area (Å²) in [4.78, 5) is 0. The third kappa shape index (κ3) is 12.3. The van der Waals surface area contributed by atoms with Gasteiger partial charge in [0.2, 0.25) is 0 Å². The Morgan fingerprint density at radius 1 is 0.733 bits per heavy atom. The summed E-state index contributed by atoms with van der Waals surface area (Å²) in [6.45, 7) is 0. The maximum atomic E-state index is 7.13. The molecule has 0 saturated heterocycles. The van der Waals surface area contributed by atoms with Crippen LogP contribution in [0.5, 0.6) is 0 Å². The van der Waals surface area contributed by atoms with E-state index in [0.717, 1.165) is 25.7 Å². The Morgan fingerprint density at radius 3 is 1.00 bits per heavy atom. The molecule has 0 aromatic rings. The van der Waals surface area contributed by atoms with Gasteiger partial charge in [-0.3, -0.25) is 0 Å². The van der Waals surface area contributed by atoms with E-state index in [-0.39, 0.29) is 0 Å². The first-order valence-corrected chi connectivity index (χ1v) is 18.3. The van der Waals surface area contributed by atoms with E-state index in [1.165, 1.54) is 25.7 Å². The van der Waals surface area contributed by atoms with E-state index < -0.39 is 0 Å². The Morgan fingerprint density at radius 2 is 0.933 bits per heavy atom. The van der Waals surface area contributed by atoms with Gasteiger partial charge in [0.25, 0.3) is 0 Å². The minimum absolute atomic E-state index is 0.296. The molecule has 0 bridgehead atoms. The molecular weight excluding hydrogens is 597 g/mol. The van der Waals surface area contributed by atoms with Crippen LogP contribution < -0.4 is 0 Å². The van der Waals surface area contributed by atoms with Crippen molar-refractivity contribution >= 4 is 38.7 Å². The van der Waals surface area contributed by atoms with Gasteiger partial charge in [-0.2, -0.15) is 0 Å². The first kappa shape index (κ1) is 17.1. The number of hydrogen-bond acceptors (Lipinski definition) is 0. The molecule has 15 heavy (non-hydrogen) atoms. The fraction of sp³-hybridized carbons (Fsp3) is 1.00. The van der Waals surface area contributed by atoms with Gasteiger partial charge in [0.05, 0.1) is 0 Å². The maximum Gasteiger partial charge on any atom is -0.0547 e. The van der Waals surface area contributed by atoms with Crippen molar-refractivity contribution in [1.29, 1.82) is 0 Å². The monoisotopic (exact) mass is 617 g/mol. The zero-order valence-corrected chi connectivity index (χ0v) is 15.5. The van der Waals surface area contributed by atoms with Crippen LogP contribution in [0, 0.1) is 0 Å². The van der Waals surface area contributed by atoms with Crippen LogP contribution in [0.4, 0.5) is 0 Å². The first-order valence-electron chi connectivity index (χ1n) is 5.45. The maximum absolute atomic E-state index is 7.13. The standard InChI is InChI=1S/2C5H10N.2HI.Pt/c2*6-5-3-1-2-4-5;;;/h2*5-6H,1-4H2;2*1H;/q2*-1;;;+4/p-2. The molecule has 0 aromatic heterocycles. The normalized spacial score (nSPS) is 21.9. The molecule has 0 spiro atoms. The molecule has 0 amide bonds. The van der Waals surface area contributed by atoms with Gasteiger partial charge >= 0.3 is 49.9 Å². The van der Waals surface area contributed by atoms with Gasteiger partial charge in [-0.15, -0.1) is 12.1 Å². The van der Waals surface area contributed by atoms with Gasteiger partial charge in [0, 0.05) is 0 Å². The largest absolute Gasteiger partial charge is 0.675 e. The minimum Gasteiger partial charge on any atom is -0.675 e. The number of nitrogens with one attached hydrogen (secondary N) is 2. The summed E-state index contributed by atoms with van der Waals surface area (Å²) in [5.74, 6) is 0. The fourth-order valence-corrected chi connectivity index (χ4v) is 1.85. The second kappa shape index (κ2) is 12.5. The van der Waals surface area contributed by atoms with Crippen LogP contribution in [-0.2, 0) is 11.2 Å². The van der Waals surface area contributed by atoms with Crippen LogP contribution in [0.1, 0.15) is 51.4 Å². The van der Waals surface area contributed by atoms with E-state index in [9.17, 15) is 0 Å². The van der Waals surface area contributed by atoms with Crippen LogP contribution in [0.25, 0.3) is 11.5 Å². The van der Waals surface area contributed by atoms with Gasteiger partial charge in [-0.25, -0.2) is 0 Å². The Labute approximate surface area is 123 Å². The summed E-state index contributed by atoms with van der Waals surface area (Å²) in [5, 5.41) is 0. The Bertz CT molecular complexity index is 113. The van der Waals surface area contributed by atoms with Gasteiger partial charge in [0.15, 0.2) is 0 Å². The third-order valence-corrected chi connectivity index (χ3v) is 2.71. The third-order valence-electron chi connectivity index (χ3n) is 2.71. The molecule has 2 N–H and O–H groups in total. The Balaban J connectivity index is 0.000000210. The molecule has 2 fully saturated rings. The molecule has 2 nitrogen and oxygen atoms in total. The molecule has 94 valence electrons. The summed E-state index contributed by atoms with van der Waals surface area (Å²) in [7, 11) is 0. The molecule has 0 aromatic carbocycles. The molecular formula is C10H20I2N2Pt. The predicted molar refractivity (Wildman–Crippen MR) is 81.2 cm³/mol. The van der Waals surface area contributed by atoms with Crippen molar-refractivity contribution in [3.05, 3.63) is 11.5 Å². The van der Waals surface area contributed by atoms with E-state index in [1.807, 2.05) is 0 Å². The topological polar surface area (TPSA) is 47.6 Å². The van der Waals surface area contributed by atoms with Crippen molar-refractivity contribution in [3.8, 4) is 0 Å². The minimum atomic E-state index is 0.296. The number of hydrogen-bond donors (Lipinski definition) is 0. The molecule has 2 aliphatic rings. The second-order valence-electron chi connectivity index (χ2n) is 4.01. The zero-order chi connectivity index (χ0) is 11.5. The summed E-state index contributed by atoms with van der Waals surface area (Å²) < 4.78 is 0. The molecule has 0 heterocycles. The van der Waals surface area contributed by atoms with Crippen molar-refractivity contribution in [2.75, 3.05) is 0 Å². The molecule has 0 radical (unpaired) electrons. The van der Waals surface area contributed by atoms with E-state index in [2.05, 4.69) is 38.7 Å². The Hall–Kier alpha value is 2.07. The van der Waals surface area contributed by atoms with Gasteiger partial charge < -0.3 is 11.5 Å². The summed E-state index contributed by atoms with van der Waals surface area (Å²) in [6, 6.07) is 0.593. The van der Waals surface area contributed by atoms with E-state index in [1.54, 1.807) is 0 Å². The van der Waals surface area contributed by atoms with Crippen molar-refractivity contribution < 1.29 is 11.2 Å². The van der Waals surface area contributed by atoms with Crippen LogP contribution in [-0.4, -0.2) is 12.1 Å². The summed E-state index contributed by atoms with van der Waals surface area (Å²) in [6.07, 6.45) is 9.81. The molecule has 0 unspecified atom stereocenters. The quantitative estimate of drug-likeness (QED) is 0.312. The van der Waals surface area contributed by atoms with Crippen LogP contribution in [0.3, 0.4) is 0 Å². The number of rotatable bonds is 0. The summed E-state index contributed by atoms with van der Waals surface area (Å²) in [5.41, 5.74) is 14.3. The van der Waals surface area contributed by atoms with E-state index >= 15 is 0 Å². The van der Waals surface area contributed by atoms with Crippen LogP contribution in [0.15, 0.2) is 0 Å². The van der Waals surface area contributed by atoms with Crippen LogP contribution >= 0.6 is 38.7 Å². The van der Waals surface area contributed by atoms with E-state index in [4.69, 9.17) is 11.5 Å². The van der Waals surface area contributed by atoms with Crippen molar-refractivity contribution in [3.63, 3.8) is 0 Å². The second-order valence-corrected chi connectivity index (χ2v) is 20.6. The smallest absolute Gasteiger partial charge is 0.0547 e. The zero-order valence-electron chi connectivity index (χ0n) is 8.88. The summed E-state index contributed by atoms with van der Waals surface area (Å²) >= 11 is 5.30. The fourth-order valence-electron chi connectivity index (χ4n) is 1.85. The Kier molecular flexibility index (Phi) is 14.3. The average Bonchev–Trinajstić information content (AvgIpc) is 2.81.